The first kappa shape index (κ1) is 25.3. The van der Waals surface area contributed by atoms with Crippen LogP contribution in [-0.2, 0) is 0 Å². The van der Waals surface area contributed by atoms with Crippen LogP contribution in [0.1, 0.15) is 66.2 Å². The summed E-state index contributed by atoms with van der Waals surface area (Å²) in [7, 11) is 0. The maximum Gasteiger partial charge on any atom is 0.119 e. The van der Waals surface area contributed by atoms with Crippen molar-refractivity contribution < 1.29 is 19.7 Å². The lowest BCUT2D eigenvalue weighted by molar-refractivity contribution is 0.0202. The Balaban J connectivity index is 1.38. The van der Waals surface area contributed by atoms with Gasteiger partial charge in [0.1, 0.15) is 36.9 Å². The smallest absolute Gasteiger partial charge is 0.119 e. The van der Waals surface area contributed by atoms with Gasteiger partial charge in [0.2, 0.25) is 0 Å². The summed E-state index contributed by atoms with van der Waals surface area (Å²) in [5, 5.41) is 20.9. The number of hydrogen-bond donors (Lipinski definition) is 2. The van der Waals surface area contributed by atoms with Crippen LogP contribution < -0.4 is 9.47 Å². The van der Waals surface area contributed by atoms with E-state index in [2.05, 4.69) is 37.5 Å². The Morgan fingerprint density at radius 3 is 1.31 bits per heavy atom. The van der Waals surface area contributed by atoms with Gasteiger partial charge in [0.15, 0.2) is 0 Å². The molecule has 6 heteroatoms. The van der Waals surface area contributed by atoms with E-state index in [4.69, 9.17) is 9.47 Å². The lowest BCUT2D eigenvalue weighted by Gasteiger charge is -2.40. The first-order chi connectivity index (χ1) is 15.3. The molecule has 182 valence electrons. The molecule has 0 aliphatic carbocycles. The Labute approximate surface area is 194 Å². The van der Waals surface area contributed by atoms with E-state index in [9.17, 15) is 10.2 Å². The van der Waals surface area contributed by atoms with E-state index in [1.165, 1.54) is 38.5 Å². The van der Waals surface area contributed by atoms with Crippen molar-refractivity contribution in [3.05, 3.63) is 24.3 Å². The molecule has 0 unspecified atom stereocenters. The summed E-state index contributed by atoms with van der Waals surface area (Å²) in [4.78, 5) is 4.79. The Hall–Kier alpha value is -1.34. The molecule has 0 amide bonds. The zero-order valence-electron chi connectivity index (χ0n) is 20.4. The highest BCUT2D eigenvalue weighted by Gasteiger charge is 2.27. The Morgan fingerprint density at radius 1 is 0.688 bits per heavy atom. The molecule has 0 saturated carbocycles. The molecule has 0 spiro atoms. The van der Waals surface area contributed by atoms with Crippen LogP contribution in [0, 0.1) is 0 Å². The third-order valence-corrected chi connectivity index (χ3v) is 7.30. The number of aliphatic hydroxyl groups is 2. The zero-order chi connectivity index (χ0) is 23.1. The summed E-state index contributed by atoms with van der Waals surface area (Å²) in [6, 6.07) is 9.49. The molecular formula is C26H44N2O4. The van der Waals surface area contributed by atoms with Gasteiger partial charge in [-0.3, -0.25) is 9.80 Å². The highest BCUT2D eigenvalue weighted by Crippen LogP contribution is 2.24. The van der Waals surface area contributed by atoms with E-state index in [0.29, 0.717) is 48.8 Å². The minimum Gasteiger partial charge on any atom is -0.491 e. The van der Waals surface area contributed by atoms with E-state index in [0.717, 1.165) is 0 Å². The molecule has 2 saturated heterocycles. The molecule has 2 fully saturated rings. The zero-order valence-corrected chi connectivity index (χ0v) is 20.4. The summed E-state index contributed by atoms with van der Waals surface area (Å²) in [5.74, 6) is 1.43. The number of nitrogens with zero attached hydrogens (tertiary/aromatic N) is 2. The topological polar surface area (TPSA) is 65.4 Å². The van der Waals surface area contributed by atoms with Gasteiger partial charge >= 0.3 is 0 Å². The number of rotatable bonds is 10. The second-order valence-electron chi connectivity index (χ2n) is 10.1. The summed E-state index contributed by atoms with van der Waals surface area (Å²) in [5.41, 5.74) is 0. The van der Waals surface area contributed by atoms with Gasteiger partial charge in [-0.15, -0.1) is 0 Å². The number of benzene rings is 1. The highest BCUT2D eigenvalue weighted by atomic mass is 16.5. The van der Waals surface area contributed by atoms with E-state index in [-0.39, 0.29) is 13.2 Å². The lowest BCUT2D eigenvalue weighted by Crippen LogP contribution is -2.48. The number of β-amino-alcohol motifs (C(OH)–C–C–N with tert-alkyl or cyclic N) is 2. The quantitative estimate of drug-likeness (QED) is 0.569. The number of likely N-dealkylation sites (tertiary alicyclic amines) is 2. The van der Waals surface area contributed by atoms with Crippen molar-refractivity contribution in [2.75, 3.05) is 26.3 Å². The predicted octanol–water partition coefficient (Wildman–Crippen LogP) is 3.69. The van der Waals surface area contributed by atoms with Crippen molar-refractivity contribution in [3.63, 3.8) is 0 Å². The fourth-order valence-corrected chi connectivity index (χ4v) is 5.28. The van der Waals surface area contributed by atoms with Crippen molar-refractivity contribution >= 4 is 0 Å². The molecule has 6 nitrogen and oxygen atoms in total. The van der Waals surface area contributed by atoms with Crippen molar-refractivity contribution in [2.24, 2.45) is 0 Å². The average molecular weight is 449 g/mol. The van der Waals surface area contributed by atoms with Gasteiger partial charge in [0.25, 0.3) is 0 Å². The average Bonchev–Trinajstić information content (AvgIpc) is 2.77. The van der Waals surface area contributed by atoms with Gasteiger partial charge in [0.05, 0.1) is 0 Å². The van der Waals surface area contributed by atoms with Gasteiger partial charge < -0.3 is 19.7 Å². The summed E-state index contributed by atoms with van der Waals surface area (Å²) < 4.78 is 11.6. The maximum absolute atomic E-state index is 10.4. The van der Waals surface area contributed by atoms with Gasteiger partial charge in [-0.25, -0.2) is 0 Å². The molecule has 3 rings (SSSR count). The maximum atomic E-state index is 10.4. The largest absolute Gasteiger partial charge is 0.491 e. The Bertz CT molecular complexity index is 593. The molecular weight excluding hydrogens is 404 g/mol. The monoisotopic (exact) mass is 448 g/mol. The van der Waals surface area contributed by atoms with E-state index in [1.807, 2.05) is 24.3 Å². The molecule has 2 aliphatic heterocycles. The molecule has 0 aromatic heterocycles. The molecule has 0 bridgehead atoms. The fourth-order valence-electron chi connectivity index (χ4n) is 5.28. The van der Waals surface area contributed by atoms with Crippen LogP contribution in [0.4, 0.5) is 0 Å². The normalized spacial score (nSPS) is 29.4. The summed E-state index contributed by atoms with van der Waals surface area (Å²) >= 11 is 0. The molecule has 1 aromatic rings. The van der Waals surface area contributed by atoms with Crippen molar-refractivity contribution in [1.29, 1.82) is 0 Å². The number of aliphatic hydroxyl groups excluding tert-OH is 2. The second-order valence-corrected chi connectivity index (χ2v) is 10.1. The van der Waals surface area contributed by atoms with Crippen LogP contribution in [-0.4, -0.2) is 82.7 Å². The van der Waals surface area contributed by atoms with Crippen LogP contribution in [0.5, 0.6) is 11.5 Å². The first-order valence-electron chi connectivity index (χ1n) is 12.6. The molecule has 6 atom stereocenters. The summed E-state index contributed by atoms with van der Waals surface area (Å²) in [6.07, 6.45) is 6.32. The predicted molar refractivity (Wildman–Crippen MR) is 128 cm³/mol. The van der Waals surface area contributed by atoms with E-state index < -0.39 is 12.2 Å². The number of hydrogen-bond acceptors (Lipinski definition) is 6. The van der Waals surface area contributed by atoms with Crippen LogP contribution >= 0.6 is 0 Å². The van der Waals surface area contributed by atoms with Gasteiger partial charge in [-0.2, -0.15) is 0 Å². The standard InChI is InChI=1S/C26H44N2O4/c1-19-7-5-8-20(2)27(19)15-23(29)17-31-25-11-13-26(14-12-25)32-18-24(30)16-28-21(3)9-6-10-22(28)4/h11-14,19-24,29-30H,5-10,15-18H2,1-4H3/t19-,20+,21-,22+,23-,24+. The third kappa shape index (κ3) is 7.34. The molecule has 2 aliphatic rings. The second kappa shape index (κ2) is 12.2. The van der Waals surface area contributed by atoms with Gasteiger partial charge in [0, 0.05) is 37.3 Å². The SMILES string of the molecule is C[C@@H]1CCC[C@H](C)N1C[C@H](O)COc1ccc(OC[C@H](O)CN2[C@H](C)CCC[C@@H]2C)cc1. The molecule has 2 heterocycles. The number of piperidine rings is 2. The minimum absolute atomic E-state index is 0.279. The van der Waals surface area contributed by atoms with Crippen LogP contribution in [0.2, 0.25) is 0 Å². The Kier molecular flexibility index (Phi) is 9.65. The number of ether oxygens (including phenoxy) is 2. The van der Waals surface area contributed by atoms with Crippen molar-refractivity contribution in [2.45, 2.75) is 103 Å². The fraction of sp³-hybridized carbons (Fsp3) is 0.769. The van der Waals surface area contributed by atoms with E-state index in [1.54, 1.807) is 0 Å². The van der Waals surface area contributed by atoms with Crippen molar-refractivity contribution in [3.8, 4) is 11.5 Å². The highest BCUT2D eigenvalue weighted by molar-refractivity contribution is 5.31. The van der Waals surface area contributed by atoms with Crippen LogP contribution in [0.25, 0.3) is 0 Å². The molecule has 32 heavy (non-hydrogen) atoms. The van der Waals surface area contributed by atoms with Crippen LogP contribution in [0.15, 0.2) is 24.3 Å². The molecule has 2 N–H and O–H groups in total. The first-order valence-corrected chi connectivity index (χ1v) is 12.6. The van der Waals surface area contributed by atoms with Crippen LogP contribution in [0.3, 0.4) is 0 Å². The molecule has 1 aromatic carbocycles. The molecule has 0 radical (unpaired) electrons. The van der Waals surface area contributed by atoms with Gasteiger partial charge in [-0.05, 0) is 77.6 Å². The summed E-state index contributed by atoms with van der Waals surface area (Å²) in [6.45, 7) is 10.8. The minimum atomic E-state index is -0.511. The third-order valence-electron chi connectivity index (χ3n) is 7.30. The Morgan fingerprint density at radius 2 is 1.00 bits per heavy atom. The van der Waals surface area contributed by atoms with Crippen molar-refractivity contribution in [1.82, 2.24) is 9.80 Å². The van der Waals surface area contributed by atoms with Gasteiger partial charge in [-0.1, -0.05) is 12.8 Å². The lowest BCUT2D eigenvalue weighted by atomic mass is 9.97. The van der Waals surface area contributed by atoms with E-state index >= 15 is 0 Å².